The number of rotatable bonds is 10. The maximum atomic E-state index is 13.8. The average Bonchev–Trinajstić information content (AvgIpc) is 3.26. The van der Waals surface area contributed by atoms with E-state index in [9.17, 15) is 65.4 Å². The van der Waals surface area contributed by atoms with Gasteiger partial charge in [-0.3, -0.25) is 4.79 Å². The fourth-order valence-electron chi connectivity index (χ4n) is 14.7. The number of aldehydes is 1. The van der Waals surface area contributed by atoms with Crippen molar-refractivity contribution >= 4 is 18.2 Å². The molecule has 0 aromatic carbocycles. The average molecular weight is 941 g/mol. The van der Waals surface area contributed by atoms with Crippen molar-refractivity contribution in [2.75, 3.05) is 13.2 Å². The Hall–Kier alpha value is -2.21. The van der Waals surface area contributed by atoms with Crippen LogP contribution in [0.4, 0.5) is 0 Å². The van der Waals surface area contributed by atoms with E-state index in [0.717, 1.165) is 32.0 Å². The molecule has 0 radical (unpaired) electrons. The molecule has 0 spiro atoms. The first-order chi connectivity index (χ1) is 30.8. The largest absolute Gasteiger partial charge is 0.481 e. The van der Waals surface area contributed by atoms with E-state index in [1.54, 1.807) is 6.92 Å². The van der Waals surface area contributed by atoms with Crippen LogP contribution in [0, 0.1) is 50.2 Å². The van der Waals surface area contributed by atoms with Gasteiger partial charge in [0.05, 0.1) is 30.1 Å². The van der Waals surface area contributed by atoms with E-state index in [1.165, 1.54) is 5.57 Å². The summed E-state index contributed by atoms with van der Waals surface area (Å²) in [5.41, 5.74) is -1.72. The summed E-state index contributed by atoms with van der Waals surface area (Å²) in [6.45, 7) is 11.8. The molecule has 374 valence electrons. The van der Waals surface area contributed by atoms with Crippen LogP contribution in [0.25, 0.3) is 0 Å². The minimum absolute atomic E-state index is 0.000855. The summed E-state index contributed by atoms with van der Waals surface area (Å²) in [6.07, 6.45) is -17.0. The Morgan fingerprint density at radius 2 is 1.39 bits per heavy atom. The summed E-state index contributed by atoms with van der Waals surface area (Å²) in [4.78, 5) is 39.7. The number of carbonyl (C=O) groups is 3. The number of carbonyl (C=O) groups excluding carboxylic acids is 1. The molecule has 0 aromatic heterocycles. The van der Waals surface area contributed by atoms with Crippen LogP contribution in [0.2, 0.25) is 0 Å². The number of fused-ring (bicyclic) bond motifs is 7. The Morgan fingerprint density at radius 1 is 0.727 bits per heavy atom. The number of aliphatic carboxylic acids is 2. The Labute approximate surface area is 384 Å². The molecular weight excluding hydrogens is 868 g/mol. The molecule has 7 fully saturated rings. The molecule has 0 aromatic rings. The Bertz CT molecular complexity index is 1880. The summed E-state index contributed by atoms with van der Waals surface area (Å²) in [5.74, 6) is -2.62. The van der Waals surface area contributed by atoms with E-state index in [0.29, 0.717) is 32.1 Å². The normalized spacial score (nSPS) is 53.5. The van der Waals surface area contributed by atoms with Crippen LogP contribution in [-0.2, 0) is 42.8 Å². The predicted molar refractivity (Wildman–Crippen MR) is 226 cm³/mol. The van der Waals surface area contributed by atoms with E-state index in [4.69, 9.17) is 28.4 Å². The summed E-state index contributed by atoms with van der Waals surface area (Å²) in [5, 5.41) is 106. The minimum Gasteiger partial charge on any atom is -0.481 e. The van der Waals surface area contributed by atoms with Gasteiger partial charge in [-0.05, 0) is 104 Å². The molecule has 23 atom stereocenters. The third-order valence-corrected chi connectivity index (χ3v) is 18.9. The first-order valence-electron chi connectivity index (χ1n) is 23.7. The lowest BCUT2D eigenvalue weighted by molar-refractivity contribution is -0.391. The lowest BCUT2D eigenvalue weighted by Crippen LogP contribution is -2.68. The minimum atomic E-state index is -2.12. The molecule has 3 saturated heterocycles. The van der Waals surface area contributed by atoms with E-state index < -0.39 is 134 Å². The maximum absolute atomic E-state index is 13.8. The summed E-state index contributed by atoms with van der Waals surface area (Å²) in [7, 11) is 0. The summed E-state index contributed by atoms with van der Waals surface area (Å²) >= 11 is 0. The van der Waals surface area contributed by atoms with Crippen LogP contribution in [0.5, 0.6) is 0 Å². The molecule has 4 saturated carbocycles. The van der Waals surface area contributed by atoms with Crippen molar-refractivity contribution in [1.29, 1.82) is 0 Å². The second-order valence-electron chi connectivity index (χ2n) is 22.7. The smallest absolute Gasteiger partial charge is 0.335 e. The monoisotopic (exact) mass is 940 g/mol. The molecule has 19 nitrogen and oxygen atoms in total. The zero-order valence-corrected chi connectivity index (χ0v) is 38.7. The Balaban J connectivity index is 1.12. The first-order valence-corrected chi connectivity index (χ1v) is 23.7. The van der Waals surface area contributed by atoms with E-state index in [-0.39, 0.29) is 40.4 Å². The van der Waals surface area contributed by atoms with Crippen LogP contribution in [-0.4, -0.2) is 175 Å². The molecule has 5 aliphatic carbocycles. The standard InChI is InChI=1S/C47H72O19/c1-42(2)13-15-47(41(59)60)16-14-45(5)21(22(47)17-42)7-8-26-43(3)11-10-27(44(4,20-49)25(43)9-12-46(26,45)6)63-40-36(66-39-32(55)30(53)29(52)24(18-48)62-39)34(33(56)35(65-40)37(57)58)64-38-31(54)28(51)23(50)19-61-38/h7,20,22-36,38-40,48,50-56H,8-19H2,1-6H3,(H,57,58)(H,59,60)/t22-,23+,24-,25-,26-,27+,28+,29+,30+,31-,32-,33+,34+,35+,36-,38+,39+,40-,43+,44-,45-,46-,47+/m1/s1. The molecule has 0 unspecified atom stereocenters. The fraction of sp³-hybridized carbons (Fsp3) is 0.894. The Kier molecular flexibility index (Phi) is 13.4. The lowest BCUT2D eigenvalue weighted by atomic mass is 9.33. The lowest BCUT2D eigenvalue weighted by Gasteiger charge is -2.71. The zero-order chi connectivity index (χ0) is 48.3. The van der Waals surface area contributed by atoms with Crippen LogP contribution < -0.4 is 0 Å². The van der Waals surface area contributed by atoms with Crippen molar-refractivity contribution < 1.29 is 93.9 Å². The van der Waals surface area contributed by atoms with Gasteiger partial charge in [-0.25, -0.2) is 4.79 Å². The van der Waals surface area contributed by atoms with Crippen molar-refractivity contribution in [2.45, 2.75) is 198 Å². The van der Waals surface area contributed by atoms with Gasteiger partial charge in [0.1, 0.15) is 67.3 Å². The predicted octanol–water partition coefficient (Wildman–Crippen LogP) is 0.617. The van der Waals surface area contributed by atoms with Crippen molar-refractivity contribution in [3.63, 3.8) is 0 Å². The maximum Gasteiger partial charge on any atom is 0.335 e. The van der Waals surface area contributed by atoms with Crippen LogP contribution in [0.3, 0.4) is 0 Å². The number of aliphatic hydroxyl groups is 8. The van der Waals surface area contributed by atoms with Gasteiger partial charge in [-0.15, -0.1) is 0 Å². The van der Waals surface area contributed by atoms with Crippen molar-refractivity contribution in [3.05, 3.63) is 11.6 Å². The summed E-state index contributed by atoms with van der Waals surface area (Å²) in [6, 6.07) is 0. The first kappa shape index (κ1) is 50.2. The highest BCUT2D eigenvalue weighted by Crippen LogP contribution is 2.76. The Morgan fingerprint density at radius 3 is 2.05 bits per heavy atom. The molecule has 10 N–H and O–H groups in total. The van der Waals surface area contributed by atoms with Gasteiger partial charge in [-0.2, -0.15) is 0 Å². The number of ether oxygens (including phenoxy) is 6. The SMILES string of the molecule is CC1(C)CC[C@]2(C(=O)O)CC[C@]3(C)C(=CC[C@@H]4[C@@]5(C)CC[C@H](O[C@@H]6O[C@H](C(=O)O)[C@@H](O)[C@H](O[C@@H]7OC[C@H](O)[C@H](O)[C@H]7O)[C@H]6O[C@@H]6O[C@H](CO)[C@H](O)[C@H](O)[C@H]6O)[C@](C)(C=O)[C@@H]5CC[C@]43C)[C@H]2C1. The number of hydrogen-bond donors (Lipinski definition) is 10. The molecular formula is C47H72O19. The zero-order valence-electron chi connectivity index (χ0n) is 38.7. The number of hydrogen-bond acceptors (Lipinski definition) is 17. The molecule has 3 heterocycles. The van der Waals surface area contributed by atoms with Crippen LogP contribution in [0.15, 0.2) is 11.6 Å². The molecule has 0 amide bonds. The van der Waals surface area contributed by atoms with E-state index in [2.05, 4.69) is 40.7 Å². The highest BCUT2D eigenvalue weighted by atomic mass is 16.8. The van der Waals surface area contributed by atoms with Crippen molar-refractivity contribution in [2.24, 2.45) is 50.2 Å². The third-order valence-electron chi connectivity index (χ3n) is 18.9. The van der Waals surface area contributed by atoms with Gasteiger partial charge >= 0.3 is 11.9 Å². The van der Waals surface area contributed by atoms with Gasteiger partial charge in [-0.1, -0.05) is 53.2 Å². The molecule has 0 bridgehead atoms. The molecule has 66 heavy (non-hydrogen) atoms. The highest BCUT2D eigenvalue weighted by Gasteiger charge is 2.70. The molecule has 8 rings (SSSR count). The topological polar surface area (TPSA) is 309 Å². The van der Waals surface area contributed by atoms with Gasteiger partial charge in [0, 0.05) is 0 Å². The number of carboxylic acid groups (broad SMARTS) is 2. The number of allylic oxidation sites excluding steroid dienone is 2. The number of carboxylic acids is 2. The highest BCUT2D eigenvalue weighted by molar-refractivity contribution is 5.77. The second kappa shape index (κ2) is 17.6. The fourth-order valence-corrected chi connectivity index (χ4v) is 14.7. The second-order valence-corrected chi connectivity index (χ2v) is 22.7. The van der Waals surface area contributed by atoms with Crippen LogP contribution in [0.1, 0.15) is 106 Å². The van der Waals surface area contributed by atoms with Gasteiger partial charge < -0.3 is 84.3 Å². The molecule has 8 aliphatic rings. The van der Waals surface area contributed by atoms with E-state index >= 15 is 0 Å². The van der Waals surface area contributed by atoms with Gasteiger partial charge in [0.15, 0.2) is 25.0 Å². The van der Waals surface area contributed by atoms with E-state index in [1.807, 2.05) is 0 Å². The van der Waals surface area contributed by atoms with Gasteiger partial charge in [0.2, 0.25) is 0 Å². The van der Waals surface area contributed by atoms with Gasteiger partial charge in [0.25, 0.3) is 0 Å². The quantitative estimate of drug-likeness (QED) is 0.0815. The summed E-state index contributed by atoms with van der Waals surface area (Å²) < 4.78 is 35.9. The number of aliphatic hydroxyl groups excluding tert-OH is 8. The van der Waals surface area contributed by atoms with Crippen molar-refractivity contribution in [1.82, 2.24) is 0 Å². The molecule has 19 heteroatoms. The van der Waals surface area contributed by atoms with Crippen molar-refractivity contribution in [3.8, 4) is 0 Å². The van der Waals surface area contributed by atoms with Crippen LogP contribution >= 0.6 is 0 Å². The third kappa shape index (κ3) is 7.65. The molecule has 3 aliphatic heterocycles.